The largest absolute Gasteiger partial charge is 0.465 e. The van der Waals surface area contributed by atoms with E-state index in [1.54, 1.807) is 0 Å². The number of aryl methyl sites for hydroxylation is 1. The Balaban J connectivity index is 1.74. The Bertz CT molecular complexity index is 714. The molecule has 1 aliphatic carbocycles. The van der Waals surface area contributed by atoms with Gasteiger partial charge in [0.05, 0.1) is 11.7 Å². The van der Waals surface area contributed by atoms with Crippen LogP contribution in [0.1, 0.15) is 60.0 Å². The number of carbonyl (C=O) groups excluding carboxylic acids is 1. The van der Waals surface area contributed by atoms with Crippen molar-refractivity contribution >= 4 is 5.91 Å². The summed E-state index contributed by atoms with van der Waals surface area (Å²) >= 11 is 0. The molecular weight excluding hydrogens is 314 g/mol. The first-order valence-corrected chi connectivity index (χ1v) is 9.07. The second-order valence-electron chi connectivity index (χ2n) is 7.43. The average molecular weight is 341 g/mol. The summed E-state index contributed by atoms with van der Waals surface area (Å²) in [6.07, 6.45) is 2.04. The van der Waals surface area contributed by atoms with E-state index >= 15 is 0 Å². The van der Waals surface area contributed by atoms with Crippen LogP contribution < -0.4 is 5.32 Å². The average Bonchev–Trinajstić information content (AvgIpc) is 2.94. The number of hydrogen-bond donors (Lipinski definition) is 2. The van der Waals surface area contributed by atoms with Gasteiger partial charge in [-0.1, -0.05) is 44.2 Å². The topological polar surface area (TPSA) is 62.5 Å². The van der Waals surface area contributed by atoms with Crippen molar-refractivity contribution in [2.75, 3.05) is 0 Å². The monoisotopic (exact) mass is 341 g/mol. The highest BCUT2D eigenvalue weighted by atomic mass is 16.3. The Kier molecular flexibility index (Phi) is 5.28. The summed E-state index contributed by atoms with van der Waals surface area (Å²) in [4.78, 5) is 12.8. The molecule has 1 aliphatic rings. The Labute approximate surface area is 149 Å². The predicted molar refractivity (Wildman–Crippen MR) is 97.7 cm³/mol. The van der Waals surface area contributed by atoms with Gasteiger partial charge in [-0.3, -0.25) is 4.79 Å². The van der Waals surface area contributed by atoms with E-state index in [1.165, 1.54) is 5.56 Å². The third-order valence-corrected chi connectivity index (χ3v) is 5.08. The zero-order chi connectivity index (χ0) is 18.0. The summed E-state index contributed by atoms with van der Waals surface area (Å²) in [5.41, 5.74) is 1.81. The van der Waals surface area contributed by atoms with Gasteiger partial charge in [0, 0.05) is 12.0 Å². The zero-order valence-corrected chi connectivity index (χ0v) is 15.2. The van der Waals surface area contributed by atoms with Gasteiger partial charge in [-0.05, 0) is 43.7 Å². The fraction of sp³-hybridized carbons (Fsp3) is 0.476. The van der Waals surface area contributed by atoms with E-state index < -0.39 is 0 Å². The van der Waals surface area contributed by atoms with Crippen molar-refractivity contribution in [1.82, 2.24) is 5.32 Å². The van der Waals surface area contributed by atoms with Gasteiger partial charge in [0.1, 0.15) is 11.5 Å². The summed E-state index contributed by atoms with van der Waals surface area (Å²) in [5, 5.41) is 12.9. The molecule has 4 heteroatoms. The van der Waals surface area contributed by atoms with Crippen LogP contribution in [-0.2, 0) is 6.42 Å². The van der Waals surface area contributed by atoms with Gasteiger partial charge in [-0.15, -0.1) is 0 Å². The van der Waals surface area contributed by atoms with E-state index in [1.807, 2.05) is 45.0 Å². The third-order valence-electron chi connectivity index (χ3n) is 5.08. The zero-order valence-electron chi connectivity index (χ0n) is 15.2. The summed E-state index contributed by atoms with van der Waals surface area (Å²) in [6, 6.07) is 12.0. The fourth-order valence-electron chi connectivity index (χ4n) is 3.42. The molecule has 0 aliphatic heterocycles. The van der Waals surface area contributed by atoms with Crippen LogP contribution in [0.3, 0.4) is 0 Å². The Morgan fingerprint density at radius 3 is 2.52 bits per heavy atom. The van der Waals surface area contributed by atoms with Crippen LogP contribution in [0.25, 0.3) is 0 Å². The first-order valence-electron chi connectivity index (χ1n) is 9.07. The third kappa shape index (κ3) is 4.13. The minimum absolute atomic E-state index is 0.0232. The van der Waals surface area contributed by atoms with Gasteiger partial charge in [0.2, 0.25) is 0 Å². The van der Waals surface area contributed by atoms with Crippen molar-refractivity contribution in [2.45, 2.75) is 58.1 Å². The van der Waals surface area contributed by atoms with Gasteiger partial charge in [0.15, 0.2) is 0 Å². The highest BCUT2D eigenvalue weighted by Gasteiger charge is 2.35. The number of furan rings is 1. The van der Waals surface area contributed by atoms with Crippen molar-refractivity contribution in [3.8, 4) is 0 Å². The molecule has 1 aromatic carbocycles. The summed E-state index contributed by atoms with van der Waals surface area (Å²) in [5.74, 6) is 1.98. The standard InChI is InChI=1S/C21H27NO3/c1-13(2)20-12-18(14(3)25-20)21(24)22-19(16-10-17(23)11-16)9-15-7-5-4-6-8-15/h4-8,12-13,16-17,19,23H,9-11H2,1-3H3,(H,22,24)/t16?,17?,19-/m1/s1. The molecule has 0 saturated heterocycles. The molecule has 25 heavy (non-hydrogen) atoms. The molecule has 134 valence electrons. The molecule has 2 aromatic rings. The predicted octanol–water partition coefficient (Wildman–Crippen LogP) is 3.82. The highest BCUT2D eigenvalue weighted by molar-refractivity contribution is 5.95. The van der Waals surface area contributed by atoms with Crippen LogP contribution in [-0.4, -0.2) is 23.2 Å². The van der Waals surface area contributed by atoms with Crippen LogP contribution in [0.2, 0.25) is 0 Å². The van der Waals surface area contributed by atoms with Crippen LogP contribution >= 0.6 is 0 Å². The van der Waals surface area contributed by atoms with Gasteiger partial charge >= 0.3 is 0 Å². The second-order valence-corrected chi connectivity index (χ2v) is 7.43. The van der Waals surface area contributed by atoms with E-state index in [9.17, 15) is 9.90 Å². The lowest BCUT2D eigenvalue weighted by Crippen LogP contribution is -2.48. The SMILES string of the molecule is Cc1oc(C(C)C)cc1C(=O)N[C@H](Cc1ccccc1)C1CC(O)C1. The number of aliphatic hydroxyl groups is 1. The molecule has 0 spiro atoms. The minimum Gasteiger partial charge on any atom is -0.465 e. The number of aliphatic hydroxyl groups excluding tert-OH is 1. The van der Waals surface area contributed by atoms with E-state index in [-0.39, 0.29) is 24.0 Å². The maximum atomic E-state index is 12.8. The molecule has 4 nitrogen and oxygen atoms in total. The molecule has 0 unspecified atom stereocenters. The molecule has 1 fully saturated rings. The van der Waals surface area contributed by atoms with Gasteiger partial charge in [-0.2, -0.15) is 0 Å². The molecule has 1 atom stereocenters. The molecule has 1 amide bonds. The second kappa shape index (κ2) is 7.44. The normalized spacial score (nSPS) is 21.0. The number of amides is 1. The van der Waals surface area contributed by atoms with Crippen LogP contribution in [0.15, 0.2) is 40.8 Å². The van der Waals surface area contributed by atoms with E-state index in [0.717, 1.165) is 25.0 Å². The Morgan fingerprint density at radius 1 is 1.28 bits per heavy atom. The van der Waals surface area contributed by atoms with Crippen molar-refractivity contribution < 1.29 is 14.3 Å². The van der Waals surface area contributed by atoms with Crippen molar-refractivity contribution in [3.63, 3.8) is 0 Å². The van der Waals surface area contributed by atoms with Gasteiger partial charge < -0.3 is 14.8 Å². The number of nitrogens with one attached hydrogen (secondary N) is 1. The summed E-state index contributed by atoms with van der Waals surface area (Å²) in [6.45, 7) is 5.93. The molecule has 0 radical (unpaired) electrons. The van der Waals surface area contributed by atoms with E-state index in [0.29, 0.717) is 17.2 Å². The molecule has 3 rings (SSSR count). The lowest BCUT2D eigenvalue weighted by Gasteiger charge is -2.38. The number of hydrogen-bond acceptors (Lipinski definition) is 3. The van der Waals surface area contributed by atoms with Gasteiger partial charge in [-0.25, -0.2) is 0 Å². The summed E-state index contributed by atoms with van der Waals surface area (Å²) in [7, 11) is 0. The van der Waals surface area contributed by atoms with E-state index in [2.05, 4.69) is 17.4 Å². The smallest absolute Gasteiger partial charge is 0.255 e. The van der Waals surface area contributed by atoms with Crippen molar-refractivity contribution in [1.29, 1.82) is 0 Å². The van der Waals surface area contributed by atoms with Crippen molar-refractivity contribution in [2.24, 2.45) is 5.92 Å². The maximum absolute atomic E-state index is 12.8. The van der Waals surface area contributed by atoms with E-state index in [4.69, 9.17) is 4.42 Å². The Morgan fingerprint density at radius 2 is 1.96 bits per heavy atom. The highest BCUT2D eigenvalue weighted by Crippen LogP contribution is 2.32. The Hall–Kier alpha value is -2.07. The number of carbonyl (C=O) groups is 1. The molecule has 1 aromatic heterocycles. The molecular formula is C21H27NO3. The molecule has 0 bridgehead atoms. The van der Waals surface area contributed by atoms with Crippen molar-refractivity contribution in [3.05, 3.63) is 59.0 Å². The fourth-order valence-corrected chi connectivity index (χ4v) is 3.42. The lowest BCUT2D eigenvalue weighted by atomic mass is 9.75. The first kappa shape index (κ1) is 17.7. The van der Waals surface area contributed by atoms with Gasteiger partial charge in [0.25, 0.3) is 5.91 Å². The first-order chi connectivity index (χ1) is 11.9. The molecule has 2 N–H and O–H groups in total. The molecule has 1 heterocycles. The quantitative estimate of drug-likeness (QED) is 0.839. The van der Waals surface area contributed by atoms with Crippen LogP contribution in [0.4, 0.5) is 0 Å². The van der Waals surface area contributed by atoms with Crippen LogP contribution in [0.5, 0.6) is 0 Å². The molecule has 1 saturated carbocycles. The number of benzene rings is 1. The number of rotatable bonds is 6. The van der Waals surface area contributed by atoms with Crippen LogP contribution in [0, 0.1) is 12.8 Å². The summed E-state index contributed by atoms with van der Waals surface area (Å²) < 4.78 is 5.71. The maximum Gasteiger partial charge on any atom is 0.255 e. The lowest BCUT2D eigenvalue weighted by molar-refractivity contribution is 0.0239. The minimum atomic E-state index is -0.233.